The van der Waals surface area contributed by atoms with Crippen molar-refractivity contribution in [1.29, 1.82) is 0 Å². The zero-order valence-corrected chi connectivity index (χ0v) is 11.5. The maximum atomic E-state index is 6.11. The van der Waals surface area contributed by atoms with E-state index < -0.39 is 0 Å². The molecule has 0 aliphatic rings. The number of rotatable bonds is 4. The molecule has 2 N–H and O–H groups in total. The van der Waals surface area contributed by atoms with Crippen LogP contribution in [0.2, 0.25) is 10.0 Å². The Hall–Kier alpha value is -1.10. The first-order valence-electron chi connectivity index (χ1n) is 5.75. The van der Waals surface area contributed by atoms with Crippen molar-refractivity contribution in [1.82, 2.24) is 15.0 Å². The summed E-state index contributed by atoms with van der Waals surface area (Å²) >= 11 is 12.0. The van der Waals surface area contributed by atoms with Gasteiger partial charge in [-0.3, -0.25) is 0 Å². The van der Waals surface area contributed by atoms with Gasteiger partial charge in [-0.25, -0.2) is 4.68 Å². The van der Waals surface area contributed by atoms with Gasteiger partial charge in [0.05, 0.1) is 28.6 Å². The molecule has 0 saturated heterocycles. The zero-order chi connectivity index (χ0) is 13.1. The Morgan fingerprint density at radius 2 is 2.17 bits per heavy atom. The van der Waals surface area contributed by atoms with Crippen LogP contribution in [0.1, 0.15) is 31.5 Å². The quantitative estimate of drug-likeness (QED) is 0.937. The highest BCUT2D eigenvalue weighted by Crippen LogP contribution is 2.24. The van der Waals surface area contributed by atoms with Crippen LogP contribution in [-0.4, -0.2) is 15.0 Å². The molecule has 2 rings (SSSR count). The first-order chi connectivity index (χ1) is 8.61. The highest BCUT2D eigenvalue weighted by atomic mass is 35.5. The number of nitrogens with two attached hydrogens (primary N) is 1. The van der Waals surface area contributed by atoms with Gasteiger partial charge < -0.3 is 5.73 Å². The third-order valence-corrected chi connectivity index (χ3v) is 3.19. The summed E-state index contributed by atoms with van der Waals surface area (Å²) in [6.45, 7) is 2.08. The SMILES string of the molecule is CCCC(N)c1cn(-c2ccc(Cl)cc2Cl)nn1. The number of benzene rings is 1. The van der Waals surface area contributed by atoms with Gasteiger partial charge in [-0.05, 0) is 24.6 Å². The molecule has 1 aromatic carbocycles. The van der Waals surface area contributed by atoms with E-state index in [9.17, 15) is 0 Å². The minimum Gasteiger partial charge on any atom is -0.323 e. The molecule has 0 amide bonds. The Balaban J connectivity index is 2.29. The van der Waals surface area contributed by atoms with Gasteiger partial charge in [0.1, 0.15) is 0 Å². The Morgan fingerprint density at radius 1 is 1.39 bits per heavy atom. The Bertz CT molecular complexity index is 539. The van der Waals surface area contributed by atoms with E-state index in [0.717, 1.165) is 24.2 Å². The lowest BCUT2D eigenvalue weighted by molar-refractivity contribution is 0.619. The molecule has 1 unspecified atom stereocenters. The Labute approximate surface area is 116 Å². The summed E-state index contributed by atoms with van der Waals surface area (Å²) in [6.07, 6.45) is 3.69. The zero-order valence-electron chi connectivity index (χ0n) is 9.98. The van der Waals surface area contributed by atoms with Crippen molar-refractivity contribution >= 4 is 23.2 Å². The normalized spacial score (nSPS) is 12.7. The lowest BCUT2D eigenvalue weighted by atomic mass is 10.1. The van der Waals surface area contributed by atoms with E-state index in [1.807, 2.05) is 0 Å². The molecule has 0 saturated carbocycles. The van der Waals surface area contributed by atoms with Crippen LogP contribution < -0.4 is 5.73 Å². The molecule has 0 fully saturated rings. The molecule has 1 atom stereocenters. The fraction of sp³-hybridized carbons (Fsp3) is 0.333. The highest BCUT2D eigenvalue weighted by Gasteiger charge is 2.12. The van der Waals surface area contributed by atoms with Crippen molar-refractivity contribution in [2.75, 3.05) is 0 Å². The van der Waals surface area contributed by atoms with E-state index >= 15 is 0 Å². The van der Waals surface area contributed by atoms with E-state index in [2.05, 4.69) is 17.2 Å². The van der Waals surface area contributed by atoms with Crippen LogP contribution in [0, 0.1) is 0 Å². The van der Waals surface area contributed by atoms with Crippen LogP contribution in [-0.2, 0) is 0 Å². The summed E-state index contributed by atoms with van der Waals surface area (Å²) in [5, 5.41) is 9.23. The van der Waals surface area contributed by atoms with Crippen LogP contribution in [0.25, 0.3) is 5.69 Å². The fourth-order valence-corrected chi connectivity index (χ4v) is 2.19. The molecule has 0 spiro atoms. The molecular weight excluding hydrogens is 271 g/mol. The number of nitrogens with zero attached hydrogens (tertiary/aromatic N) is 3. The van der Waals surface area contributed by atoms with Crippen molar-refractivity contribution in [3.63, 3.8) is 0 Å². The third kappa shape index (κ3) is 2.83. The third-order valence-electron chi connectivity index (χ3n) is 2.65. The maximum Gasteiger partial charge on any atom is 0.0998 e. The molecule has 1 aromatic heterocycles. The molecule has 96 valence electrons. The lowest BCUT2D eigenvalue weighted by Gasteiger charge is -2.05. The topological polar surface area (TPSA) is 56.7 Å². The summed E-state index contributed by atoms with van der Waals surface area (Å²) < 4.78 is 1.61. The Morgan fingerprint density at radius 3 is 2.83 bits per heavy atom. The summed E-state index contributed by atoms with van der Waals surface area (Å²) in [7, 11) is 0. The van der Waals surface area contributed by atoms with Crippen molar-refractivity contribution in [3.05, 3.63) is 40.1 Å². The lowest BCUT2D eigenvalue weighted by Crippen LogP contribution is -2.10. The van der Waals surface area contributed by atoms with Gasteiger partial charge in [0.15, 0.2) is 0 Å². The van der Waals surface area contributed by atoms with E-state index in [1.165, 1.54) is 0 Å². The van der Waals surface area contributed by atoms with Crippen LogP contribution in [0.5, 0.6) is 0 Å². The molecular formula is C12H14Cl2N4. The van der Waals surface area contributed by atoms with E-state index in [0.29, 0.717) is 10.0 Å². The van der Waals surface area contributed by atoms with Crippen LogP contribution >= 0.6 is 23.2 Å². The van der Waals surface area contributed by atoms with Gasteiger partial charge in [0, 0.05) is 5.02 Å². The minimum absolute atomic E-state index is 0.0881. The first-order valence-corrected chi connectivity index (χ1v) is 6.50. The number of halogens is 2. The molecule has 0 radical (unpaired) electrons. The molecule has 1 heterocycles. The van der Waals surface area contributed by atoms with Gasteiger partial charge in [-0.1, -0.05) is 41.8 Å². The summed E-state index contributed by atoms with van der Waals surface area (Å²) in [5.74, 6) is 0. The average molecular weight is 285 g/mol. The summed E-state index contributed by atoms with van der Waals surface area (Å²) in [5.41, 5.74) is 7.50. The van der Waals surface area contributed by atoms with Gasteiger partial charge in [0.2, 0.25) is 0 Å². The fourth-order valence-electron chi connectivity index (χ4n) is 1.69. The molecule has 0 aliphatic carbocycles. The van der Waals surface area contributed by atoms with Crippen molar-refractivity contribution in [3.8, 4) is 5.69 Å². The standard InChI is InChI=1S/C12H14Cl2N4/c1-2-3-10(15)11-7-18(17-16-11)12-5-4-8(13)6-9(12)14/h4-7,10H,2-3,15H2,1H3. The minimum atomic E-state index is -0.0881. The number of hydrogen-bond acceptors (Lipinski definition) is 3. The van der Waals surface area contributed by atoms with Gasteiger partial charge in [-0.15, -0.1) is 5.10 Å². The number of aromatic nitrogens is 3. The van der Waals surface area contributed by atoms with Crippen LogP contribution in [0.4, 0.5) is 0 Å². The molecule has 0 aliphatic heterocycles. The van der Waals surface area contributed by atoms with Crippen molar-refractivity contribution < 1.29 is 0 Å². The van der Waals surface area contributed by atoms with Gasteiger partial charge >= 0.3 is 0 Å². The largest absolute Gasteiger partial charge is 0.323 e. The first kappa shape index (κ1) is 13.3. The second-order valence-electron chi connectivity index (χ2n) is 4.08. The van der Waals surface area contributed by atoms with Gasteiger partial charge in [0.25, 0.3) is 0 Å². The number of hydrogen-bond donors (Lipinski definition) is 1. The summed E-state index contributed by atoms with van der Waals surface area (Å²) in [6, 6.07) is 5.14. The highest BCUT2D eigenvalue weighted by molar-refractivity contribution is 6.35. The second kappa shape index (κ2) is 5.69. The molecule has 4 nitrogen and oxygen atoms in total. The predicted molar refractivity (Wildman–Crippen MR) is 73.2 cm³/mol. The maximum absolute atomic E-state index is 6.11. The van der Waals surface area contributed by atoms with Gasteiger partial charge in [-0.2, -0.15) is 0 Å². The van der Waals surface area contributed by atoms with Crippen molar-refractivity contribution in [2.45, 2.75) is 25.8 Å². The monoisotopic (exact) mass is 284 g/mol. The molecule has 0 bridgehead atoms. The smallest absolute Gasteiger partial charge is 0.0998 e. The van der Waals surface area contributed by atoms with Crippen LogP contribution in [0.3, 0.4) is 0 Å². The van der Waals surface area contributed by atoms with E-state index in [4.69, 9.17) is 28.9 Å². The summed E-state index contributed by atoms with van der Waals surface area (Å²) in [4.78, 5) is 0. The predicted octanol–water partition coefficient (Wildman–Crippen LogP) is 3.37. The molecule has 18 heavy (non-hydrogen) atoms. The van der Waals surface area contributed by atoms with Crippen molar-refractivity contribution in [2.24, 2.45) is 5.73 Å². The van der Waals surface area contributed by atoms with E-state index in [-0.39, 0.29) is 6.04 Å². The average Bonchev–Trinajstić information content (AvgIpc) is 2.78. The molecule has 6 heteroatoms. The Kier molecular flexibility index (Phi) is 4.22. The van der Waals surface area contributed by atoms with Crippen LogP contribution in [0.15, 0.2) is 24.4 Å². The second-order valence-corrected chi connectivity index (χ2v) is 4.92. The van der Waals surface area contributed by atoms with E-state index in [1.54, 1.807) is 29.1 Å². The molecule has 2 aromatic rings.